The Balaban J connectivity index is 2.22. The molecule has 1 saturated heterocycles. The highest BCUT2D eigenvalue weighted by Gasteiger charge is 2.23. The van der Waals surface area contributed by atoms with Crippen molar-refractivity contribution in [3.8, 4) is 11.5 Å². The predicted octanol–water partition coefficient (Wildman–Crippen LogP) is 2.08. The van der Waals surface area contributed by atoms with E-state index in [1.54, 1.807) is 14.2 Å². The van der Waals surface area contributed by atoms with Crippen LogP contribution in [0.3, 0.4) is 0 Å². The normalized spacial score (nSPS) is 17.5. The van der Waals surface area contributed by atoms with E-state index in [1.807, 2.05) is 6.07 Å². The standard InChI is InChI=1S/C17H28N2O3/c1-13(2)18-12-15(19-7-9-22-10-8-19)14-5-6-16(20-3)17(11-14)21-4/h5-6,11,13,15,18H,7-10,12H2,1-4H3. The topological polar surface area (TPSA) is 43.0 Å². The molecule has 0 spiro atoms. The first-order valence-corrected chi connectivity index (χ1v) is 7.92. The lowest BCUT2D eigenvalue weighted by molar-refractivity contribution is 0.0158. The minimum absolute atomic E-state index is 0.311. The number of nitrogens with zero attached hydrogens (tertiary/aromatic N) is 1. The summed E-state index contributed by atoms with van der Waals surface area (Å²) in [5.41, 5.74) is 1.24. The molecule has 1 atom stereocenters. The minimum atomic E-state index is 0.311. The maximum absolute atomic E-state index is 5.49. The molecule has 1 aromatic rings. The summed E-state index contributed by atoms with van der Waals surface area (Å²) in [4.78, 5) is 2.47. The van der Waals surface area contributed by atoms with Crippen molar-refractivity contribution in [2.45, 2.75) is 25.9 Å². The van der Waals surface area contributed by atoms with Crippen molar-refractivity contribution in [1.82, 2.24) is 10.2 Å². The Labute approximate surface area is 133 Å². The largest absolute Gasteiger partial charge is 0.493 e. The summed E-state index contributed by atoms with van der Waals surface area (Å²) in [6.07, 6.45) is 0. The molecule has 1 aliphatic heterocycles. The molecule has 0 radical (unpaired) electrons. The highest BCUT2D eigenvalue weighted by Crippen LogP contribution is 2.32. The first-order chi connectivity index (χ1) is 10.7. The first kappa shape index (κ1) is 17.1. The van der Waals surface area contributed by atoms with Gasteiger partial charge in [0.25, 0.3) is 0 Å². The number of benzene rings is 1. The molecule has 5 nitrogen and oxygen atoms in total. The Morgan fingerprint density at radius 1 is 1.14 bits per heavy atom. The fraction of sp³-hybridized carbons (Fsp3) is 0.647. The Kier molecular flexibility index (Phi) is 6.49. The van der Waals surface area contributed by atoms with Gasteiger partial charge in [0.1, 0.15) is 0 Å². The minimum Gasteiger partial charge on any atom is -0.493 e. The summed E-state index contributed by atoms with van der Waals surface area (Å²) in [5, 5.41) is 3.55. The SMILES string of the molecule is COc1ccc(C(CNC(C)C)N2CCOCC2)cc1OC. The van der Waals surface area contributed by atoms with Gasteiger partial charge in [0, 0.05) is 31.7 Å². The molecule has 0 aromatic heterocycles. The van der Waals surface area contributed by atoms with Crippen LogP contribution in [0.25, 0.3) is 0 Å². The molecular weight excluding hydrogens is 280 g/mol. The molecule has 2 rings (SSSR count). The first-order valence-electron chi connectivity index (χ1n) is 7.92. The van der Waals surface area contributed by atoms with E-state index >= 15 is 0 Å². The molecule has 1 N–H and O–H groups in total. The van der Waals surface area contributed by atoms with Crippen molar-refractivity contribution in [1.29, 1.82) is 0 Å². The number of ether oxygens (including phenoxy) is 3. The maximum Gasteiger partial charge on any atom is 0.161 e. The van der Waals surface area contributed by atoms with Gasteiger partial charge in [-0.25, -0.2) is 0 Å². The smallest absolute Gasteiger partial charge is 0.161 e. The van der Waals surface area contributed by atoms with E-state index < -0.39 is 0 Å². The molecule has 0 amide bonds. The second-order valence-corrected chi connectivity index (χ2v) is 5.84. The van der Waals surface area contributed by atoms with Crippen LogP contribution in [0.4, 0.5) is 0 Å². The lowest BCUT2D eigenvalue weighted by Crippen LogP contribution is -2.43. The second kappa shape index (κ2) is 8.36. The van der Waals surface area contributed by atoms with Gasteiger partial charge in [-0.3, -0.25) is 4.90 Å². The number of nitrogens with one attached hydrogen (secondary N) is 1. The van der Waals surface area contributed by atoms with Gasteiger partial charge in [-0.1, -0.05) is 19.9 Å². The van der Waals surface area contributed by atoms with Crippen LogP contribution < -0.4 is 14.8 Å². The van der Waals surface area contributed by atoms with Gasteiger partial charge in [0.15, 0.2) is 11.5 Å². The van der Waals surface area contributed by atoms with Crippen molar-refractivity contribution in [2.75, 3.05) is 47.1 Å². The van der Waals surface area contributed by atoms with E-state index in [4.69, 9.17) is 14.2 Å². The summed E-state index contributed by atoms with van der Waals surface area (Å²) in [5.74, 6) is 1.55. The summed E-state index contributed by atoms with van der Waals surface area (Å²) in [6.45, 7) is 8.76. The highest BCUT2D eigenvalue weighted by atomic mass is 16.5. The zero-order valence-corrected chi connectivity index (χ0v) is 14.1. The number of morpholine rings is 1. The van der Waals surface area contributed by atoms with Crippen molar-refractivity contribution in [3.05, 3.63) is 23.8 Å². The molecule has 1 aromatic carbocycles. The third-order valence-corrected chi connectivity index (χ3v) is 4.00. The molecule has 124 valence electrons. The van der Waals surface area contributed by atoms with E-state index in [-0.39, 0.29) is 0 Å². The van der Waals surface area contributed by atoms with Crippen LogP contribution in [0, 0.1) is 0 Å². The Bertz CT molecular complexity index is 459. The average Bonchev–Trinajstić information content (AvgIpc) is 2.55. The Morgan fingerprint density at radius 2 is 1.82 bits per heavy atom. The second-order valence-electron chi connectivity index (χ2n) is 5.84. The van der Waals surface area contributed by atoms with Gasteiger partial charge >= 0.3 is 0 Å². The molecule has 0 saturated carbocycles. The zero-order valence-electron chi connectivity index (χ0n) is 14.1. The molecule has 1 heterocycles. The molecule has 1 unspecified atom stereocenters. The van der Waals surface area contributed by atoms with Crippen LogP contribution in [0.15, 0.2) is 18.2 Å². The lowest BCUT2D eigenvalue weighted by Gasteiger charge is -2.35. The fourth-order valence-corrected chi connectivity index (χ4v) is 2.75. The van der Waals surface area contributed by atoms with E-state index in [0.29, 0.717) is 12.1 Å². The van der Waals surface area contributed by atoms with Crippen LogP contribution in [-0.2, 0) is 4.74 Å². The number of hydrogen-bond acceptors (Lipinski definition) is 5. The number of hydrogen-bond donors (Lipinski definition) is 1. The summed E-state index contributed by atoms with van der Waals surface area (Å²) < 4.78 is 16.3. The van der Waals surface area contributed by atoms with E-state index in [9.17, 15) is 0 Å². The molecular formula is C17H28N2O3. The van der Waals surface area contributed by atoms with Crippen molar-refractivity contribution >= 4 is 0 Å². The summed E-state index contributed by atoms with van der Waals surface area (Å²) in [7, 11) is 3.34. The third kappa shape index (κ3) is 4.35. The Morgan fingerprint density at radius 3 is 2.41 bits per heavy atom. The van der Waals surface area contributed by atoms with Crippen LogP contribution in [-0.4, -0.2) is 58.0 Å². The number of methoxy groups -OCH3 is 2. The van der Waals surface area contributed by atoms with Gasteiger partial charge in [-0.15, -0.1) is 0 Å². The monoisotopic (exact) mass is 308 g/mol. The van der Waals surface area contributed by atoms with Crippen molar-refractivity contribution in [2.24, 2.45) is 0 Å². The fourth-order valence-electron chi connectivity index (χ4n) is 2.75. The average molecular weight is 308 g/mol. The molecule has 22 heavy (non-hydrogen) atoms. The van der Waals surface area contributed by atoms with E-state index in [0.717, 1.165) is 44.3 Å². The third-order valence-electron chi connectivity index (χ3n) is 4.00. The lowest BCUT2D eigenvalue weighted by atomic mass is 10.0. The van der Waals surface area contributed by atoms with Gasteiger partial charge < -0.3 is 19.5 Å². The highest BCUT2D eigenvalue weighted by molar-refractivity contribution is 5.44. The summed E-state index contributed by atoms with van der Waals surface area (Å²) in [6, 6.07) is 6.97. The van der Waals surface area contributed by atoms with Gasteiger partial charge in [-0.2, -0.15) is 0 Å². The van der Waals surface area contributed by atoms with Crippen LogP contribution in [0.2, 0.25) is 0 Å². The predicted molar refractivity (Wildman–Crippen MR) is 87.8 cm³/mol. The van der Waals surface area contributed by atoms with Gasteiger partial charge in [0.05, 0.1) is 27.4 Å². The molecule has 1 aliphatic rings. The van der Waals surface area contributed by atoms with Crippen LogP contribution in [0.1, 0.15) is 25.5 Å². The Hall–Kier alpha value is -1.30. The van der Waals surface area contributed by atoms with Gasteiger partial charge in [-0.05, 0) is 17.7 Å². The van der Waals surface area contributed by atoms with E-state index in [1.165, 1.54) is 5.56 Å². The quantitative estimate of drug-likeness (QED) is 0.835. The molecule has 0 aliphatic carbocycles. The molecule has 1 fully saturated rings. The molecule has 0 bridgehead atoms. The van der Waals surface area contributed by atoms with Crippen LogP contribution in [0.5, 0.6) is 11.5 Å². The van der Waals surface area contributed by atoms with Crippen molar-refractivity contribution < 1.29 is 14.2 Å². The van der Waals surface area contributed by atoms with E-state index in [2.05, 4.69) is 36.2 Å². The van der Waals surface area contributed by atoms with Crippen molar-refractivity contribution in [3.63, 3.8) is 0 Å². The zero-order chi connectivity index (χ0) is 15.9. The van der Waals surface area contributed by atoms with Gasteiger partial charge in [0.2, 0.25) is 0 Å². The summed E-state index contributed by atoms with van der Waals surface area (Å²) >= 11 is 0. The molecule has 5 heteroatoms. The maximum atomic E-state index is 5.49. The number of rotatable bonds is 7. The van der Waals surface area contributed by atoms with Crippen LogP contribution >= 0.6 is 0 Å².